The van der Waals surface area contributed by atoms with Gasteiger partial charge in [0.1, 0.15) is 0 Å². The molecule has 0 bridgehead atoms. The van der Waals surface area contributed by atoms with Crippen LogP contribution in [-0.2, 0) is 14.8 Å². The van der Waals surface area contributed by atoms with Crippen molar-refractivity contribution in [2.75, 3.05) is 13.1 Å². The molecule has 1 unspecified atom stereocenters. The van der Waals surface area contributed by atoms with Gasteiger partial charge in [0.2, 0.25) is 15.9 Å². The third kappa shape index (κ3) is 4.62. The molecule has 0 radical (unpaired) electrons. The average molecular weight is 286 g/mol. The molecule has 0 aliphatic heterocycles. The van der Waals surface area contributed by atoms with Crippen LogP contribution in [0.15, 0.2) is 29.2 Å². The second-order valence-corrected chi connectivity index (χ2v) is 5.79. The SMILES string of the molecule is CCNC(=O)CNS(=O)(=O)c1cccc(C(C)O)c1. The van der Waals surface area contributed by atoms with Crippen molar-refractivity contribution in [1.29, 1.82) is 0 Å². The van der Waals surface area contributed by atoms with E-state index in [0.717, 1.165) is 0 Å². The first-order chi connectivity index (χ1) is 8.86. The van der Waals surface area contributed by atoms with Crippen LogP contribution >= 0.6 is 0 Å². The van der Waals surface area contributed by atoms with E-state index in [4.69, 9.17) is 0 Å². The average Bonchev–Trinajstić information content (AvgIpc) is 2.37. The fourth-order valence-corrected chi connectivity index (χ4v) is 2.48. The minimum atomic E-state index is -3.75. The molecular formula is C12H18N2O4S. The van der Waals surface area contributed by atoms with Crippen molar-refractivity contribution in [3.8, 4) is 0 Å². The number of sulfonamides is 1. The highest BCUT2D eigenvalue weighted by atomic mass is 32.2. The van der Waals surface area contributed by atoms with Gasteiger partial charge in [-0.25, -0.2) is 13.1 Å². The lowest BCUT2D eigenvalue weighted by Gasteiger charge is -2.09. The zero-order chi connectivity index (χ0) is 14.5. The summed E-state index contributed by atoms with van der Waals surface area (Å²) in [7, 11) is -3.75. The van der Waals surface area contributed by atoms with Gasteiger partial charge in [-0.05, 0) is 31.5 Å². The Morgan fingerprint density at radius 2 is 2.11 bits per heavy atom. The number of amides is 1. The van der Waals surface area contributed by atoms with E-state index in [1.165, 1.54) is 12.1 Å². The number of carbonyl (C=O) groups excluding carboxylic acids is 1. The number of rotatable bonds is 6. The quantitative estimate of drug-likeness (QED) is 0.694. The maximum Gasteiger partial charge on any atom is 0.241 e. The van der Waals surface area contributed by atoms with Crippen LogP contribution in [-0.4, -0.2) is 32.5 Å². The zero-order valence-corrected chi connectivity index (χ0v) is 11.7. The summed E-state index contributed by atoms with van der Waals surface area (Å²) in [6.45, 7) is 3.43. The monoisotopic (exact) mass is 286 g/mol. The molecule has 0 heterocycles. The maximum atomic E-state index is 11.9. The fraction of sp³-hybridized carbons (Fsp3) is 0.417. The molecule has 106 valence electrons. The summed E-state index contributed by atoms with van der Waals surface area (Å²) in [4.78, 5) is 11.2. The van der Waals surface area contributed by atoms with E-state index < -0.39 is 22.0 Å². The second kappa shape index (κ2) is 6.65. The highest BCUT2D eigenvalue weighted by molar-refractivity contribution is 7.89. The lowest BCUT2D eigenvalue weighted by atomic mass is 10.1. The number of hydrogen-bond acceptors (Lipinski definition) is 4. The van der Waals surface area contributed by atoms with Crippen LogP contribution in [0, 0.1) is 0 Å². The molecule has 1 aromatic rings. The second-order valence-electron chi connectivity index (χ2n) is 4.03. The van der Waals surface area contributed by atoms with E-state index in [2.05, 4.69) is 10.0 Å². The van der Waals surface area contributed by atoms with Gasteiger partial charge in [-0.15, -0.1) is 0 Å². The molecule has 0 aliphatic rings. The van der Waals surface area contributed by atoms with Crippen molar-refractivity contribution in [2.45, 2.75) is 24.8 Å². The van der Waals surface area contributed by atoms with Crippen LogP contribution in [0.3, 0.4) is 0 Å². The molecule has 0 fully saturated rings. The van der Waals surface area contributed by atoms with Gasteiger partial charge in [-0.3, -0.25) is 4.79 Å². The maximum absolute atomic E-state index is 11.9. The molecule has 0 aliphatic carbocycles. The van der Waals surface area contributed by atoms with Gasteiger partial charge in [0.15, 0.2) is 0 Å². The molecule has 7 heteroatoms. The summed E-state index contributed by atoms with van der Waals surface area (Å²) in [5, 5.41) is 11.9. The largest absolute Gasteiger partial charge is 0.389 e. The standard InChI is InChI=1S/C12H18N2O4S/c1-3-13-12(16)8-14-19(17,18)11-6-4-5-10(7-11)9(2)15/h4-7,9,14-15H,3,8H2,1-2H3,(H,13,16). The molecule has 0 saturated heterocycles. The summed E-state index contributed by atoms with van der Waals surface area (Å²) >= 11 is 0. The number of aliphatic hydroxyl groups is 1. The van der Waals surface area contributed by atoms with Gasteiger partial charge < -0.3 is 10.4 Å². The predicted molar refractivity (Wildman–Crippen MR) is 70.9 cm³/mol. The van der Waals surface area contributed by atoms with Gasteiger partial charge in [0.25, 0.3) is 0 Å². The summed E-state index contributed by atoms with van der Waals surface area (Å²) in [5.74, 6) is -0.391. The van der Waals surface area contributed by atoms with Crippen LogP contribution in [0.4, 0.5) is 0 Å². The highest BCUT2D eigenvalue weighted by Gasteiger charge is 2.16. The molecule has 0 aromatic heterocycles. The molecule has 0 saturated carbocycles. The zero-order valence-electron chi connectivity index (χ0n) is 10.9. The van der Waals surface area contributed by atoms with Crippen molar-refractivity contribution in [3.63, 3.8) is 0 Å². The molecule has 1 atom stereocenters. The van der Waals surface area contributed by atoms with Crippen molar-refractivity contribution in [2.24, 2.45) is 0 Å². The van der Waals surface area contributed by atoms with E-state index in [-0.39, 0.29) is 11.4 Å². The molecule has 1 amide bonds. The van der Waals surface area contributed by atoms with Crippen LogP contribution in [0.1, 0.15) is 25.5 Å². The van der Waals surface area contributed by atoms with E-state index in [0.29, 0.717) is 12.1 Å². The first-order valence-electron chi connectivity index (χ1n) is 5.91. The van der Waals surface area contributed by atoms with E-state index in [1.807, 2.05) is 0 Å². The fourth-order valence-electron chi connectivity index (χ4n) is 1.45. The number of likely N-dealkylation sites (N-methyl/N-ethyl adjacent to an activating group) is 1. The molecule has 3 N–H and O–H groups in total. The summed E-state index contributed by atoms with van der Waals surface area (Å²) in [6.07, 6.45) is -0.751. The van der Waals surface area contributed by atoms with E-state index in [1.54, 1.807) is 26.0 Å². The van der Waals surface area contributed by atoms with Crippen LogP contribution in [0.25, 0.3) is 0 Å². The summed E-state index contributed by atoms with van der Waals surface area (Å²) < 4.78 is 26.1. The minimum Gasteiger partial charge on any atom is -0.389 e. The van der Waals surface area contributed by atoms with E-state index in [9.17, 15) is 18.3 Å². The number of nitrogens with one attached hydrogen (secondary N) is 2. The minimum absolute atomic E-state index is 0.0233. The highest BCUT2D eigenvalue weighted by Crippen LogP contribution is 2.16. The predicted octanol–water partition coefficient (Wildman–Crippen LogP) is 0.154. The first kappa shape index (κ1) is 15.6. The first-order valence-corrected chi connectivity index (χ1v) is 7.39. The van der Waals surface area contributed by atoms with Gasteiger partial charge in [-0.2, -0.15) is 0 Å². The molecule has 6 nitrogen and oxygen atoms in total. The molecule has 0 spiro atoms. The molecule has 1 rings (SSSR count). The van der Waals surface area contributed by atoms with Crippen molar-refractivity contribution in [1.82, 2.24) is 10.0 Å². The van der Waals surface area contributed by atoms with Crippen LogP contribution < -0.4 is 10.0 Å². The third-order valence-electron chi connectivity index (χ3n) is 2.45. The Hall–Kier alpha value is -1.44. The normalized spacial score (nSPS) is 13.0. The topological polar surface area (TPSA) is 95.5 Å². The number of benzene rings is 1. The van der Waals surface area contributed by atoms with Gasteiger partial charge in [-0.1, -0.05) is 12.1 Å². The number of carbonyl (C=O) groups is 1. The van der Waals surface area contributed by atoms with Crippen molar-refractivity contribution in [3.05, 3.63) is 29.8 Å². The van der Waals surface area contributed by atoms with Crippen LogP contribution in [0.5, 0.6) is 0 Å². The Morgan fingerprint density at radius 1 is 1.42 bits per heavy atom. The van der Waals surface area contributed by atoms with E-state index >= 15 is 0 Å². The Labute approximate surface area is 112 Å². The molecule has 1 aromatic carbocycles. The summed E-state index contributed by atoms with van der Waals surface area (Å²) in [6, 6.07) is 5.97. The molecule has 19 heavy (non-hydrogen) atoms. The molecular weight excluding hydrogens is 268 g/mol. The lowest BCUT2D eigenvalue weighted by molar-refractivity contribution is -0.119. The third-order valence-corrected chi connectivity index (χ3v) is 3.85. The number of aliphatic hydroxyl groups excluding tert-OH is 1. The number of hydrogen-bond donors (Lipinski definition) is 3. The lowest BCUT2D eigenvalue weighted by Crippen LogP contribution is -2.36. The summed E-state index contributed by atoms with van der Waals surface area (Å²) in [5.41, 5.74) is 0.501. The smallest absolute Gasteiger partial charge is 0.241 e. The van der Waals surface area contributed by atoms with Crippen molar-refractivity contribution < 1.29 is 18.3 Å². The van der Waals surface area contributed by atoms with Crippen molar-refractivity contribution >= 4 is 15.9 Å². The Kier molecular flexibility index (Phi) is 5.46. The Balaban J connectivity index is 2.83. The van der Waals surface area contributed by atoms with Gasteiger partial charge in [0, 0.05) is 6.54 Å². The Morgan fingerprint density at radius 3 is 2.68 bits per heavy atom. The van der Waals surface area contributed by atoms with Gasteiger partial charge >= 0.3 is 0 Å². The Bertz CT molecular complexity index is 540. The van der Waals surface area contributed by atoms with Gasteiger partial charge in [0.05, 0.1) is 17.5 Å². The van der Waals surface area contributed by atoms with Crippen LogP contribution in [0.2, 0.25) is 0 Å².